The van der Waals surface area contributed by atoms with Crippen LogP contribution in [0.5, 0.6) is 5.75 Å². The molecular formula is C27H34FNO3. The minimum Gasteiger partial charge on any atom is -0.488 e. The summed E-state index contributed by atoms with van der Waals surface area (Å²) in [5.74, 6) is -0.298. The van der Waals surface area contributed by atoms with Gasteiger partial charge in [-0.1, -0.05) is 30.3 Å². The van der Waals surface area contributed by atoms with Crippen molar-refractivity contribution in [2.45, 2.75) is 83.6 Å². The molecule has 0 radical (unpaired) electrons. The summed E-state index contributed by atoms with van der Waals surface area (Å²) in [6.45, 7) is 9.45. The van der Waals surface area contributed by atoms with E-state index in [1.54, 1.807) is 26.8 Å². The molecule has 1 heterocycles. The monoisotopic (exact) mass is 439 g/mol. The molecule has 0 N–H and O–H groups in total. The highest BCUT2D eigenvalue weighted by Gasteiger charge is 2.34. The van der Waals surface area contributed by atoms with Crippen LogP contribution in [0.1, 0.15) is 80.8 Å². The Balaban J connectivity index is 1.53. The second-order valence-corrected chi connectivity index (χ2v) is 10.1. The molecule has 4 nitrogen and oxygen atoms in total. The van der Waals surface area contributed by atoms with Gasteiger partial charge in [0.1, 0.15) is 23.3 Å². The molecule has 2 aromatic carbocycles. The van der Waals surface area contributed by atoms with Gasteiger partial charge in [-0.15, -0.1) is 0 Å². The van der Waals surface area contributed by atoms with Crippen LogP contribution in [-0.2, 0) is 11.3 Å². The van der Waals surface area contributed by atoms with E-state index in [9.17, 15) is 9.18 Å². The fourth-order valence-electron chi connectivity index (χ4n) is 4.41. The summed E-state index contributed by atoms with van der Waals surface area (Å²) >= 11 is 0. The molecule has 32 heavy (non-hydrogen) atoms. The first kappa shape index (κ1) is 22.8. The van der Waals surface area contributed by atoms with Crippen molar-refractivity contribution in [3.8, 4) is 5.75 Å². The minimum atomic E-state index is -0.668. The smallest absolute Gasteiger partial charge is 0.341 e. The van der Waals surface area contributed by atoms with Crippen LogP contribution in [0.3, 0.4) is 0 Å². The quantitative estimate of drug-likeness (QED) is 0.511. The van der Waals surface area contributed by atoms with Crippen LogP contribution in [0.4, 0.5) is 4.39 Å². The molecule has 4 rings (SSSR count). The van der Waals surface area contributed by atoms with E-state index < -0.39 is 17.4 Å². The highest BCUT2D eigenvalue weighted by molar-refractivity contribution is 5.90. The third-order valence-corrected chi connectivity index (χ3v) is 6.29. The molecule has 172 valence electrons. The lowest BCUT2D eigenvalue weighted by molar-refractivity contribution is 0.00641. The van der Waals surface area contributed by atoms with Crippen LogP contribution in [-0.4, -0.2) is 35.2 Å². The maximum atomic E-state index is 15.0. The van der Waals surface area contributed by atoms with Gasteiger partial charge in [0.15, 0.2) is 0 Å². The van der Waals surface area contributed by atoms with Crippen molar-refractivity contribution >= 4 is 5.97 Å². The zero-order valence-electron chi connectivity index (χ0n) is 19.6. The number of nitrogens with zero attached hydrogens (tertiary/aromatic N) is 1. The fourth-order valence-corrected chi connectivity index (χ4v) is 4.41. The van der Waals surface area contributed by atoms with Crippen LogP contribution in [0.15, 0.2) is 42.5 Å². The maximum Gasteiger partial charge on any atom is 0.341 e. The van der Waals surface area contributed by atoms with Crippen molar-refractivity contribution < 1.29 is 18.7 Å². The Morgan fingerprint density at radius 3 is 2.50 bits per heavy atom. The van der Waals surface area contributed by atoms with Crippen molar-refractivity contribution in [2.24, 2.45) is 0 Å². The molecule has 2 aromatic rings. The average molecular weight is 440 g/mol. The molecule has 1 aliphatic carbocycles. The van der Waals surface area contributed by atoms with E-state index in [0.717, 1.165) is 44.3 Å². The van der Waals surface area contributed by atoms with E-state index in [-0.39, 0.29) is 17.7 Å². The van der Waals surface area contributed by atoms with Gasteiger partial charge < -0.3 is 9.47 Å². The third-order valence-electron chi connectivity index (χ3n) is 6.29. The van der Waals surface area contributed by atoms with E-state index in [2.05, 4.69) is 36.1 Å². The van der Waals surface area contributed by atoms with E-state index in [1.807, 2.05) is 6.07 Å². The summed E-state index contributed by atoms with van der Waals surface area (Å²) in [6, 6.07) is 13.7. The second-order valence-electron chi connectivity index (χ2n) is 10.1. The van der Waals surface area contributed by atoms with Gasteiger partial charge in [-0.05, 0) is 83.0 Å². The third kappa shape index (κ3) is 5.50. The molecule has 0 amide bonds. The fraction of sp³-hybridized carbons (Fsp3) is 0.519. The Labute approximate surface area is 190 Å². The highest BCUT2D eigenvalue weighted by Crippen LogP contribution is 2.46. The second kappa shape index (κ2) is 9.22. The predicted octanol–water partition coefficient (Wildman–Crippen LogP) is 6.09. The molecule has 2 fully saturated rings. The highest BCUT2D eigenvalue weighted by atomic mass is 19.1. The Hall–Kier alpha value is -2.40. The Morgan fingerprint density at radius 1 is 1.12 bits per heavy atom. The zero-order valence-corrected chi connectivity index (χ0v) is 19.6. The summed E-state index contributed by atoms with van der Waals surface area (Å²) in [6.07, 6.45) is 4.04. The molecule has 1 saturated carbocycles. The van der Waals surface area contributed by atoms with Crippen LogP contribution in [0.2, 0.25) is 0 Å². The summed E-state index contributed by atoms with van der Waals surface area (Å²) in [4.78, 5) is 15.0. The van der Waals surface area contributed by atoms with E-state index in [1.165, 1.54) is 11.6 Å². The molecular weight excluding hydrogens is 405 g/mol. The Kier molecular flexibility index (Phi) is 6.57. The number of benzene rings is 2. The van der Waals surface area contributed by atoms with Crippen molar-refractivity contribution in [2.75, 3.05) is 6.54 Å². The molecule has 0 bridgehead atoms. The van der Waals surface area contributed by atoms with Crippen LogP contribution in [0.25, 0.3) is 0 Å². The van der Waals surface area contributed by atoms with Gasteiger partial charge in [-0.3, -0.25) is 4.90 Å². The molecule has 1 saturated heterocycles. The van der Waals surface area contributed by atoms with Crippen LogP contribution >= 0.6 is 0 Å². The van der Waals surface area contributed by atoms with Gasteiger partial charge in [0.25, 0.3) is 0 Å². The lowest BCUT2D eigenvalue weighted by Crippen LogP contribution is -2.48. The van der Waals surface area contributed by atoms with Gasteiger partial charge in [0.05, 0.1) is 5.56 Å². The molecule has 0 spiro atoms. The first-order chi connectivity index (χ1) is 15.2. The summed E-state index contributed by atoms with van der Waals surface area (Å²) < 4.78 is 26.8. The van der Waals surface area contributed by atoms with Gasteiger partial charge in [-0.2, -0.15) is 0 Å². The first-order valence-electron chi connectivity index (χ1n) is 11.7. The van der Waals surface area contributed by atoms with E-state index in [0.29, 0.717) is 11.7 Å². The summed E-state index contributed by atoms with van der Waals surface area (Å²) in [5.41, 5.74) is 1.54. The lowest BCUT2D eigenvalue weighted by atomic mass is 9.98. The number of hydrogen-bond donors (Lipinski definition) is 0. The summed E-state index contributed by atoms with van der Waals surface area (Å²) in [7, 11) is 0. The molecule has 0 unspecified atom stereocenters. The van der Waals surface area contributed by atoms with Crippen molar-refractivity contribution in [1.29, 1.82) is 0 Å². The number of carbonyl (C=O) groups excluding carboxylic acids is 1. The number of ether oxygens (including phenoxy) is 2. The average Bonchev–Trinajstić information content (AvgIpc) is 3.56. The number of halogens is 1. The van der Waals surface area contributed by atoms with Gasteiger partial charge >= 0.3 is 5.97 Å². The van der Waals surface area contributed by atoms with Gasteiger partial charge in [0, 0.05) is 18.7 Å². The topological polar surface area (TPSA) is 38.8 Å². The molecule has 2 atom stereocenters. The Morgan fingerprint density at radius 2 is 1.84 bits per heavy atom. The normalized spacial score (nSPS) is 21.9. The molecule has 5 heteroatoms. The molecule has 2 aliphatic rings. The number of likely N-dealkylation sites (tertiary alicyclic amines) is 1. The Bertz CT molecular complexity index is 949. The predicted molar refractivity (Wildman–Crippen MR) is 124 cm³/mol. The van der Waals surface area contributed by atoms with E-state index >= 15 is 0 Å². The van der Waals surface area contributed by atoms with Gasteiger partial charge in [-0.25, -0.2) is 9.18 Å². The van der Waals surface area contributed by atoms with E-state index in [4.69, 9.17) is 9.47 Å². The SMILES string of the molecule is C[C@@H]1[C@H](Oc2cc(F)c(C(=O)OC(C)(C)C)cc2C2CC2)CCCN1Cc1ccccc1. The number of rotatable bonds is 6. The van der Waals surface area contributed by atoms with Gasteiger partial charge in [0.2, 0.25) is 0 Å². The number of piperidine rings is 1. The number of hydrogen-bond acceptors (Lipinski definition) is 4. The van der Waals surface area contributed by atoms with Crippen molar-refractivity contribution in [3.05, 3.63) is 65.0 Å². The number of carbonyl (C=O) groups is 1. The van der Waals surface area contributed by atoms with Crippen molar-refractivity contribution in [1.82, 2.24) is 4.90 Å². The molecule has 0 aromatic heterocycles. The largest absolute Gasteiger partial charge is 0.488 e. The van der Waals surface area contributed by atoms with Crippen molar-refractivity contribution in [3.63, 3.8) is 0 Å². The lowest BCUT2D eigenvalue weighted by Gasteiger charge is -2.39. The molecule has 1 aliphatic heterocycles. The standard InChI is InChI=1S/C27H34FNO3/c1-18-24(11-8-14-29(18)17-19-9-6-5-7-10-19)31-25-16-23(28)22(15-21(25)20-12-13-20)26(30)32-27(2,3)4/h5-7,9-10,15-16,18,20,24H,8,11-14,17H2,1-4H3/t18-,24-/m1/s1. The maximum absolute atomic E-state index is 15.0. The first-order valence-corrected chi connectivity index (χ1v) is 11.7. The zero-order chi connectivity index (χ0) is 22.9. The van der Waals surface area contributed by atoms with Crippen LogP contribution in [0, 0.1) is 5.82 Å². The minimum absolute atomic E-state index is 0.00317. The van der Waals surface area contributed by atoms with Crippen LogP contribution < -0.4 is 4.74 Å². The summed E-state index contributed by atoms with van der Waals surface area (Å²) in [5, 5.41) is 0. The number of esters is 1.